The van der Waals surface area contributed by atoms with E-state index in [9.17, 15) is 0 Å². The predicted molar refractivity (Wildman–Crippen MR) is 94.8 cm³/mol. The smallest absolute Gasteiger partial charge is 0.185 e. The first kappa shape index (κ1) is 15.2. The fraction of sp³-hybridized carbons (Fsp3) is 0.118. The average Bonchev–Trinajstić information content (AvgIpc) is 2.96. The summed E-state index contributed by atoms with van der Waals surface area (Å²) in [7, 11) is 0. The molecule has 0 unspecified atom stereocenters. The number of nitrogens with zero attached hydrogens (tertiary/aromatic N) is 4. The van der Waals surface area contributed by atoms with Crippen molar-refractivity contribution < 1.29 is 0 Å². The van der Waals surface area contributed by atoms with Gasteiger partial charge in [0.15, 0.2) is 17.3 Å². The van der Waals surface area contributed by atoms with E-state index in [-0.39, 0.29) is 0 Å². The second-order valence-electron chi connectivity index (χ2n) is 5.01. The number of hydrogen-bond acceptors (Lipinski definition) is 4. The van der Waals surface area contributed by atoms with Crippen LogP contribution < -0.4 is 5.32 Å². The van der Waals surface area contributed by atoms with Crippen LogP contribution in [0.15, 0.2) is 60.2 Å². The maximum Gasteiger partial charge on any atom is 0.185 e. The Bertz CT molecular complexity index is 939. The molecule has 116 valence electrons. The Morgan fingerprint density at radius 3 is 2.65 bits per heavy atom. The van der Waals surface area contributed by atoms with Crippen molar-refractivity contribution in [2.24, 2.45) is 0 Å². The lowest BCUT2D eigenvalue weighted by Crippen LogP contribution is -2.09. The zero-order valence-electron chi connectivity index (χ0n) is 12.8. The molecule has 5 nitrogen and oxygen atoms in total. The highest BCUT2D eigenvalue weighted by Gasteiger charge is 2.12. The highest BCUT2D eigenvalue weighted by molar-refractivity contribution is 6.31. The second-order valence-corrected chi connectivity index (χ2v) is 5.42. The summed E-state index contributed by atoms with van der Waals surface area (Å²) in [5, 5.41) is 18.8. The number of halogens is 1. The van der Waals surface area contributed by atoms with Crippen LogP contribution in [0.4, 0.5) is 5.82 Å². The molecule has 0 aliphatic carbocycles. The van der Waals surface area contributed by atoms with E-state index in [2.05, 4.69) is 33.8 Å². The van der Waals surface area contributed by atoms with E-state index in [4.69, 9.17) is 11.6 Å². The predicted octanol–water partition coefficient (Wildman–Crippen LogP) is 3.86. The van der Waals surface area contributed by atoms with Crippen molar-refractivity contribution >= 4 is 33.8 Å². The first-order valence-corrected chi connectivity index (χ1v) is 7.51. The molecule has 0 spiro atoms. The molecule has 0 aliphatic heterocycles. The topological polar surface area (TPSA) is 55.1 Å². The van der Waals surface area contributed by atoms with Crippen LogP contribution in [0.3, 0.4) is 0 Å². The van der Waals surface area contributed by atoms with Crippen molar-refractivity contribution in [1.82, 2.24) is 19.8 Å². The van der Waals surface area contributed by atoms with Crippen LogP contribution in [0.2, 0.25) is 0 Å². The summed E-state index contributed by atoms with van der Waals surface area (Å²) in [6.45, 7) is 9.83. The Morgan fingerprint density at radius 2 is 1.96 bits per heavy atom. The van der Waals surface area contributed by atoms with Crippen LogP contribution in [0, 0.1) is 6.92 Å². The number of anilines is 1. The molecule has 2 aromatic heterocycles. The number of rotatable bonds is 5. The standard InChI is InChI=1S/C17H16ClN5/c1-4-12(15(18)5-2)10-19-16-13-8-6-7-9-14(13)17-21-20-11(3)23(17)22-16/h4-9H,1-2,10H2,3H3,(H,19,22)/b15-12-. The zero-order chi connectivity index (χ0) is 16.4. The van der Waals surface area contributed by atoms with Crippen LogP contribution in [-0.4, -0.2) is 26.4 Å². The van der Waals surface area contributed by atoms with Crippen LogP contribution in [-0.2, 0) is 0 Å². The van der Waals surface area contributed by atoms with E-state index in [0.29, 0.717) is 11.6 Å². The van der Waals surface area contributed by atoms with Gasteiger partial charge in [-0.1, -0.05) is 61.2 Å². The first-order chi connectivity index (χ1) is 11.2. The van der Waals surface area contributed by atoms with Gasteiger partial charge in [0, 0.05) is 22.3 Å². The molecular weight excluding hydrogens is 310 g/mol. The highest BCUT2D eigenvalue weighted by Crippen LogP contribution is 2.25. The molecule has 3 rings (SSSR count). The third-order valence-corrected chi connectivity index (χ3v) is 4.00. The fourth-order valence-electron chi connectivity index (χ4n) is 2.38. The maximum absolute atomic E-state index is 6.12. The van der Waals surface area contributed by atoms with Crippen LogP contribution in [0.1, 0.15) is 5.82 Å². The third kappa shape index (κ3) is 2.71. The zero-order valence-corrected chi connectivity index (χ0v) is 13.5. The number of aromatic nitrogens is 4. The van der Waals surface area contributed by atoms with E-state index in [1.807, 2.05) is 31.2 Å². The number of nitrogens with one attached hydrogen (secondary N) is 1. The van der Waals surface area contributed by atoms with E-state index >= 15 is 0 Å². The lowest BCUT2D eigenvalue weighted by atomic mass is 10.1. The third-order valence-electron chi connectivity index (χ3n) is 3.60. The fourth-order valence-corrected chi connectivity index (χ4v) is 2.52. The molecule has 0 atom stereocenters. The minimum Gasteiger partial charge on any atom is -0.364 e. The molecule has 0 aliphatic rings. The van der Waals surface area contributed by atoms with Crippen molar-refractivity contribution in [2.75, 3.05) is 11.9 Å². The van der Waals surface area contributed by atoms with Gasteiger partial charge in [-0.3, -0.25) is 0 Å². The molecule has 0 saturated heterocycles. The van der Waals surface area contributed by atoms with Gasteiger partial charge in [0.05, 0.1) is 0 Å². The molecule has 2 heterocycles. The molecular formula is C17H16ClN5. The molecule has 6 heteroatoms. The summed E-state index contributed by atoms with van der Waals surface area (Å²) in [5.41, 5.74) is 1.60. The number of fused-ring (bicyclic) bond motifs is 3. The van der Waals surface area contributed by atoms with Crippen molar-refractivity contribution in [3.63, 3.8) is 0 Å². The highest BCUT2D eigenvalue weighted by atomic mass is 35.5. The summed E-state index contributed by atoms with van der Waals surface area (Å²) in [5.74, 6) is 1.47. The average molecular weight is 326 g/mol. The summed E-state index contributed by atoms with van der Waals surface area (Å²) in [6.07, 6.45) is 3.31. The Balaban J connectivity index is 2.10. The Morgan fingerprint density at radius 1 is 1.22 bits per heavy atom. The Kier molecular flexibility index (Phi) is 4.12. The molecule has 0 saturated carbocycles. The van der Waals surface area contributed by atoms with Gasteiger partial charge in [0.25, 0.3) is 0 Å². The van der Waals surface area contributed by atoms with Crippen molar-refractivity contribution in [3.8, 4) is 0 Å². The largest absolute Gasteiger partial charge is 0.364 e. The van der Waals surface area contributed by atoms with Gasteiger partial charge >= 0.3 is 0 Å². The minimum absolute atomic E-state index is 0.498. The number of allylic oxidation sites excluding steroid dienone is 2. The molecule has 0 radical (unpaired) electrons. The number of hydrogen-bond donors (Lipinski definition) is 1. The minimum atomic E-state index is 0.498. The summed E-state index contributed by atoms with van der Waals surface area (Å²) >= 11 is 6.12. The molecule has 3 aromatic rings. The van der Waals surface area contributed by atoms with Gasteiger partial charge in [0.1, 0.15) is 0 Å². The second kappa shape index (κ2) is 6.22. The van der Waals surface area contributed by atoms with Gasteiger partial charge in [0.2, 0.25) is 0 Å². The van der Waals surface area contributed by atoms with Crippen LogP contribution in [0.25, 0.3) is 16.4 Å². The first-order valence-electron chi connectivity index (χ1n) is 7.14. The van der Waals surface area contributed by atoms with E-state index in [0.717, 1.165) is 33.6 Å². The summed E-state index contributed by atoms with van der Waals surface area (Å²) in [4.78, 5) is 0. The van der Waals surface area contributed by atoms with Gasteiger partial charge < -0.3 is 5.32 Å². The number of benzene rings is 1. The molecule has 0 fully saturated rings. The summed E-state index contributed by atoms with van der Waals surface area (Å²) in [6, 6.07) is 7.95. The van der Waals surface area contributed by atoms with Gasteiger partial charge in [-0.05, 0) is 12.5 Å². The van der Waals surface area contributed by atoms with Crippen molar-refractivity contribution in [3.05, 3.63) is 66.0 Å². The van der Waals surface area contributed by atoms with E-state index in [1.54, 1.807) is 16.7 Å². The lowest BCUT2D eigenvalue weighted by molar-refractivity contribution is 0.881. The van der Waals surface area contributed by atoms with Crippen LogP contribution >= 0.6 is 11.6 Å². The SMILES string of the molecule is C=C/C(Cl)=C(\C=C)CNc1nn2c(C)nnc2c2ccccc12. The number of aryl methyl sites for hydroxylation is 1. The van der Waals surface area contributed by atoms with Gasteiger partial charge in [-0.25, -0.2) is 0 Å². The van der Waals surface area contributed by atoms with E-state index < -0.39 is 0 Å². The molecule has 0 bridgehead atoms. The van der Waals surface area contributed by atoms with Gasteiger partial charge in [-0.2, -0.15) is 4.52 Å². The lowest BCUT2D eigenvalue weighted by Gasteiger charge is -2.11. The van der Waals surface area contributed by atoms with Crippen molar-refractivity contribution in [1.29, 1.82) is 0 Å². The molecule has 1 aromatic carbocycles. The molecule has 0 amide bonds. The monoisotopic (exact) mass is 325 g/mol. The van der Waals surface area contributed by atoms with Gasteiger partial charge in [-0.15, -0.1) is 15.3 Å². The molecule has 1 N–H and O–H groups in total. The Labute approximate surface area is 139 Å². The summed E-state index contributed by atoms with van der Waals surface area (Å²) < 4.78 is 1.73. The molecule has 23 heavy (non-hydrogen) atoms. The van der Waals surface area contributed by atoms with E-state index in [1.165, 1.54) is 0 Å². The Hall–Kier alpha value is -2.66. The van der Waals surface area contributed by atoms with Crippen molar-refractivity contribution in [2.45, 2.75) is 6.92 Å². The maximum atomic E-state index is 6.12. The van der Waals surface area contributed by atoms with Crippen LogP contribution in [0.5, 0.6) is 0 Å². The normalized spacial score (nSPS) is 12.3. The quantitative estimate of drug-likeness (QED) is 0.724.